The van der Waals surface area contributed by atoms with Gasteiger partial charge in [0.05, 0.1) is 32.4 Å². The first kappa shape index (κ1) is 64.1. The number of hydrogen-bond acceptors (Lipinski definition) is 14. The highest BCUT2D eigenvalue weighted by atomic mass is 16.5. The van der Waals surface area contributed by atoms with Gasteiger partial charge in [-0.05, 0) is 255 Å². The van der Waals surface area contributed by atoms with Crippen LogP contribution in [-0.4, -0.2) is 104 Å². The summed E-state index contributed by atoms with van der Waals surface area (Å²) in [6.07, 6.45) is 30.5. The van der Waals surface area contributed by atoms with Crippen molar-refractivity contribution < 1.29 is 29.6 Å². The average molecular weight is 1220 g/mol. The van der Waals surface area contributed by atoms with E-state index in [-0.39, 0.29) is 64.3 Å². The van der Waals surface area contributed by atoms with Crippen molar-refractivity contribution in [1.82, 2.24) is 26.6 Å². The van der Waals surface area contributed by atoms with E-state index in [1.54, 1.807) is 12.1 Å². The number of aliphatic hydroxyl groups excluding tert-OH is 2. The number of methoxy groups -OCH3 is 1. The number of aliphatic hydroxyl groups is 2. The van der Waals surface area contributed by atoms with Crippen LogP contribution in [0.25, 0.3) is 5.57 Å². The Balaban J connectivity index is 0.879. The van der Waals surface area contributed by atoms with Crippen LogP contribution in [0.2, 0.25) is 0 Å². The van der Waals surface area contributed by atoms with Gasteiger partial charge in [-0.3, -0.25) is 9.59 Å². The Morgan fingerprint density at radius 3 is 2.58 bits per heavy atom. The molecule has 0 radical (unpaired) electrons. The Bertz CT molecular complexity index is 3230. The number of aliphatic imine (C=N–C) groups is 1. The number of phenolic OH excluding ortho intramolecular Hbond substituents is 1. The summed E-state index contributed by atoms with van der Waals surface area (Å²) in [6, 6.07) is 26.4. The maximum atomic E-state index is 14.7. The number of nitrogens with zero attached hydrogens (tertiary/aromatic N) is 1. The lowest BCUT2D eigenvalue weighted by molar-refractivity contribution is -0.126. The Kier molecular flexibility index (Phi) is 20.8. The number of aryl methyl sites for hydroxylation is 2. The highest BCUT2D eigenvalue weighted by Gasteiger charge is 2.65. The lowest BCUT2D eigenvalue weighted by atomic mass is 9.52. The molecule has 5 bridgehead atoms. The van der Waals surface area contributed by atoms with Crippen LogP contribution in [0.4, 0.5) is 0 Å². The number of piperidine rings is 1. The normalized spacial score (nSPS) is 33.5. The molecule has 5 aliphatic heterocycles. The van der Waals surface area contributed by atoms with E-state index in [1.807, 2.05) is 18.3 Å². The molecule has 14 nitrogen and oxygen atoms in total. The van der Waals surface area contributed by atoms with E-state index in [0.29, 0.717) is 109 Å². The van der Waals surface area contributed by atoms with Crippen molar-refractivity contribution in [3.05, 3.63) is 136 Å². The zero-order valence-electron chi connectivity index (χ0n) is 53.4. The number of phenols is 1. The van der Waals surface area contributed by atoms with Crippen LogP contribution in [0.15, 0.2) is 113 Å². The Morgan fingerprint density at radius 2 is 1.73 bits per heavy atom. The molecule has 14 atom stereocenters. The lowest BCUT2D eigenvalue weighted by Crippen LogP contribution is -2.57. The molecule has 6 fully saturated rings. The zero-order chi connectivity index (χ0) is 62.2. The first-order valence-electron chi connectivity index (χ1n) is 34.7. The minimum atomic E-state index is -0.476. The second-order valence-corrected chi connectivity index (χ2v) is 29.0. The molecule has 482 valence electrons. The quantitative estimate of drug-likeness (QED) is 0.0438. The molecular weight excluding hydrogens is 1120 g/mol. The third kappa shape index (κ3) is 14.7. The smallest absolute Gasteiger partial charge is 0.202 e. The largest absolute Gasteiger partial charge is 0.504 e. The Morgan fingerprint density at radius 1 is 0.900 bits per heavy atom. The molecule has 5 saturated carbocycles. The molecule has 0 aromatic heterocycles. The number of nitrogens with one attached hydrogen (secondary N) is 5. The monoisotopic (exact) mass is 1220 g/mol. The van der Waals surface area contributed by atoms with E-state index < -0.39 is 12.8 Å². The van der Waals surface area contributed by atoms with Gasteiger partial charge in [0.2, 0.25) is 5.96 Å². The molecule has 12 N–H and O–H groups in total. The number of ketones is 2. The summed E-state index contributed by atoms with van der Waals surface area (Å²) < 4.78 is 5.67. The fourth-order valence-corrected chi connectivity index (χ4v) is 19.6. The molecule has 10 aliphatic rings. The number of ether oxygens (including phenoxy) is 1. The van der Waals surface area contributed by atoms with E-state index in [2.05, 4.69) is 104 Å². The van der Waals surface area contributed by atoms with Gasteiger partial charge in [-0.15, -0.1) is 0 Å². The van der Waals surface area contributed by atoms with Gasteiger partial charge in [0, 0.05) is 56.8 Å². The van der Waals surface area contributed by atoms with Gasteiger partial charge in [-0.1, -0.05) is 91.9 Å². The number of fused-ring (bicyclic) bond motifs is 13. The van der Waals surface area contributed by atoms with E-state index in [4.69, 9.17) is 16.2 Å². The number of hydrogen-bond donors (Lipinski definition) is 10. The molecule has 5 aliphatic carbocycles. The standard InChI is InChI=1S/C76H102N8O6/c1-90-69-39-64-57(37-67(69)88)35-59-46-84-72(77)40-65(59)55(32-52-14-8-13-50(31-52)20-19-49-11-4-2-5-12-49)17-9-28-81-74(78)82-30-24-51-23-26-76(42-51)70-22-21-53(33-61(86)38-62(87)36-60(64)48-85)41-75(70,44-71(76)83-47-68(89)54-15-6-3-7-16-54)43-66-63-25-29-79-45-58(63)34-56-18-10-27-80-73(56)66/h2,4-5,8,10-14,18,31,36-37,39-40,46,51,53-56,58,63,66,68,70-73,79-80,83-85,88-89H,3,6-7,15-17,19-27,29-30,32-35,38,41-45,47-48,77H2,1H3,(H3,78,81,82)/b60-36+/t51-,53-,55-,56-,58+,63-,66-,68-,70-,71+,72?,73+,75+,76+/m0/s1. The maximum absolute atomic E-state index is 14.7. The van der Waals surface area contributed by atoms with Crippen molar-refractivity contribution in [2.45, 2.75) is 172 Å². The SMILES string of the molecule is COc1cc2c(cc1O)CC1=CNC(N)C=C1[C@H](Cc1cccc(CCc3ccccc3)c1)CC#CN=C(N)NCC[C@@H]1CC[C@]3(C1)[C@H](NC[C@H](O)C1CCCCC1)C[C@]1(C[C@H]4[C@H]5CCNC[C@H]5C[C@@H]5C=CCN[C@@H]45)C[C@@H](CC[C@@H]13)CC(=O)CC(=O)/C=C/2CO. The molecule has 5 heterocycles. The molecule has 1 spiro atoms. The Labute approximate surface area is 535 Å². The summed E-state index contributed by atoms with van der Waals surface area (Å²) in [6.45, 7) is 3.88. The molecule has 3 aromatic carbocycles. The zero-order valence-corrected chi connectivity index (χ0v) is 53.4. The van der Waals surface area contributed by atoms with Crippen molar-refractivity contribution >= 4 is 23.1 Å². The second kappa shape index (κ2) is 29.3. The molecule has 14 heteroatoms. The van der Waals surface area contributed by atoms with Crippen LogP contribution in [0.1, 0.15) is 150 Å². The van der Waals surface area contributed by atoms with Crippen molar-refractivity contribution in [2.24, 2.45) is 80.6 Å². The molecule has 1 unspecified atom stereocenters. The number of nitrogens with two attached hydrogens (primary N) is 2. The van der Waals surface area contributed by atoms with Crippen molar-refractivity contribution in [1.29, 1.82) is 0 Å². The van der Waals surface area contributed by atoms with Gasteiger partial charge >= 0.3 is 0 Å². The highest BCUT2D eigenvalue weighted by Crippen LogP contribution is 2.70. The Hall–Kier alpha value is -6.05. The van der Waals surface area contributed by atoms with E-state index in [1.165, 1.54) is 56.4 Å². The summed E-state index contributed by atoms with van der Waals surface area (Å²) in [5.74, 6) is 7.00. The molecule has 3 aromatic rings. The van der Waals surface area contributed by atoms with Gasteiger partial charge in [0.1, 0.15) is 5.78 Å². The number of Topliss-reactive ketones (excluding diaryl/α,β-unsaturated/α-hetero) is 1. The highest BCUT2D eigenvalue weighted by molar-refractivity contribution is 6.08. The minimum absolute atomic E-state index is 0.0225. The molecular formula is C76H102N8O6. The fraction of sp³-hybridized carbons (Fsp3) is 0.592. The van der Waals surface area contributed by atoms with Crippen LogP contribution in [0.5, 0.6) is 11.5 Å². The van der Waals surface area contributed by atoms with Crippen molar-refractivity contribution in [3.8, 4) is 23.5 Å². The summed E-state index contributed by atoms with van der Waals surface area (Å²) >= 11 is 0. The topological polar surface area (TPSA) is 229 Å². The summed E-state index contributed by atoms with van der Waals surface area (Å²) in [4.78, 5) is 33.8. The first-order chi connectivity index (χ1) is 43.8. The molecule has 0 amide bonds. The van der Waals surface area contributed by atoms with E-state index in [9.17, 15) is 24.9 Å². The number of dihydropyridines is 1. The predicted molar refractivity (Wildman–Crippen MR) is 358 cm³/mol. The number of benzene rings is 3. The van der Waals surface area contributed by atoms with Gasteiger partial charge in [0.15, 0.2) is 17.3 Å². The van der Waals surface area contributed by atoms with Gasteiger partial charge in [-0.2, -0.15) is 4.99 Å². The second-order valence-electron chi connectivity index (χ2n) is 29.0. The first-order valence-corrected chi connectivity index (χ1v) is 34.7. The summed E-state index contributed by atoms with van der Waals surface area (Å²) in [7, 11) is 1.48. The van der Waals surface area contributed by atoms with Crippen molar-refractivity contribution in [2.75, 3.05) is 46.4 Å². The van der Waals surface area contributed by atoms with E-state index in [0.717, 1.165) is 120 Å². The number of carbonyl (C=O) groups is 2. The molecule has 90 heavy (non-hydrogen) atoms. The van der Waals surface area contributed by atoms with Gasteiger partial charge < -0.3 is 58.1 Å². The van der Waals surface area contributed by atoms with Crippen LogP contribution in [0, 0.1) is 76.1 Å². The van der Waals surface area contributed by atoms with Crippen molar-refractivity contribution in [3.63, 3.8) is 0 Å². The van der Waals surface area contributed by atoms with Crippen LogP contribution in [-0.2, 0) is 35.3 Å². The van der Waals surface area contributed by atoms with Gasteiger partial charge in [0.25, 0.3) is 0 Å². The third-order valence-electron chi connectivity index (χ3n) is 23.6. The van der Waals surface area contributed by atoms with Gasteiger partial charge in [-0.25, -0.2) is 0 Å². The predicted octanol–water partition coefficient (Wildman–Crippen LogP) is 9.51. The van der Waals surface area contributed by atoms with E-state index >= 15 is 0 Å². The third-order valence-corrected chi connectivity index (χ3v) is 23.6. The summed E-state index contributed by atoms with van der Waals surface area (Å²) in [5.41, 5.74) is 20.6. The minimum Gasteiger partial charge on any atom is -0.504 e. The average Bonchev–Trinajstić information content (AvgIpc) is 1.53. The van der Waals surface area contributed by atoms with Crippen LogP contribution >= 0.6 is 0 Å². The maximum Gasteiger partial charge on any atom is 0.202 e. The number of guanidine groups is 1. The number of carbonyl (C=O) groups excluding carboxylic acids is 2. The number of aromatic hydroxyl groups is 1. The number of rotatable bonds is 13. The van der Waals surface area contributed by atoms with Crippen LogP contribution in [0.3, 0.4) is 0 Å². The molecule has 13 rings (SSSR count). The van der Waals surface area contributed by atoms with Crippen LogP contribution < -0.4 is 42.8 Å². The summed E-state index contributed by atoms with van der Waals surface area (Å²) in [5, 5.41) is 53.6. The molecule has 1 saturated heterocycles. The fourth-order valence-electron chi connectivity index (χ4n) is 19.6. The number of allylic oxidation sites excluding steroid dienone is 3. The lowest BCUT2D eigenvalue weighted by Gasteiger charge is -2.55.